The Bertz CT molecular complexity index is 1310. The SMILES string of the molecule is NC(=O)n1cc(CC(=O)n2nccc2C(=O)NCc2cccc(Cl)c2)c2ccccc21. The third-order valence-corrected chi connectivity index (χ3v) is 5.06. The quantitative estimate of drug-likeness (QED) is 0.501. The van der Waals surface area contributed by atoms with Crippen molar-refractivity contribution in [3.63, 3.8) is 0 Å². The van der Waals surface area contributed by atoms with Gasteiger partial charge in [0.15, 0.2) is 0 Å². The number of nitrogens with zero attached hydrogens (tertiary/aromatic N) is 3. The highest BCUT2D eigenvalue weighted by Crippen LogP contribution is 2.22. The number of carbonyl (C=O) groups excluding carboxylic acids is 3. The smallest absolute Gasteiger partial charge is 0.323 e. The summed E-state index contributed by atoms with van der Waals surface area (Å²) in [7, 11) is 0. The third kappa shape index (κ3) is 4.19. The second-order valence-electron chi connectivity index (χ2n) is 6.89. The van der Waals surface area contributed by atoms with Gasteiger partial charge >= 0.3 is 6.03 Å². The Kier molecular flexibility index (Phi) is 5.55. The van der Waals surface area contributed by atoms with Crippen LogP contribution in [0, 0.1) is 0 Å². The lowest BCUT2D eigenvalue weighted by Crippen LogP contribution is -2.28. The topological polar surface area (TPSA) is 112 Å². The van der Waals surface area contributed by atoms with Crippen LogP contribution in [-0.4, -0.2) is 32.2 Å². The number of primary amides is 1. The van der Waals surface area contributed by atoms with E-state index in [0.29, 0.717) is 16.1 Å². The summed E-state index contributed by atoms with van der Waals surface area (Å²) in [4.78, 5) is 37.3. The van der Waals surface area contributed by atoms with Crippen LogP contribution < -0.4 is 11.1 Å². The summed E-state index contributed by atoms with van der Waals surface area (Å²) in [5.41, 5.74) is 7.60. The van der Waals surface area contributed by atoms with Gasteiger partial charge in [0.25, 0.3) is 11.8 Å². The molecular weight excluding hydrogens is 418 g/mol. The highest BCUT2D eigenvalue weighted by molar-refractivity contribution is 6.30. The zero-order valence-electron chi connectivity index (χ0n) is 16.3. The van der Waals surface area contributed by atoms with Crippen molar-refractivity contribution in [2.24, 2.45) is 5.73 Å². The maximum Gasteiger partial charge on any atom is 0.323 e. The summed E-state index contributed by atoms with van der Waals surface area (Å²) in [5.74, 6) is -0.851. The number of nitrogens with one attached hydrogen (secondary N) is 1. The van der Waals surface area contributed by atoms with Crippen molar-refractivity contribution in [2.75, 3.05) is 0 Å². The van der Waals surface area contributed by atoms with Crippen molar-refractivity contribution < 1.29 is 14.4 Å². The molecule has 156 valence electrons. The number of amides is 2. The van der Waals surface area contributed by atoms with Crippen LogP contribution in [-0.2, 0) is 13.0 Å². The molecule has 0 fully saturated rings. The first-order valence-electron chi connectivity index (χ1n) is 9.42. The number of hydrogen-bond acceptors (Lipinski definition) is 4. The zero-order chi connectivity index (χ0) is 22.0. The first-order chi connectivity index (χ1) is 14.9. The zero-order valence-corrected chi connectivity index (χ0v) is 17.0. The van der Waals surface area contributed by atoms with Crippen molar-refractivity contribution in [3.05, 3.63) is 88.8 Å². The minimum Gasteiger partial charge on any atom is -0.351 e. The van der Waals surface area contributed by atoms with Crippen LogP contribution in [0.1, 0.15) is 26.4 Å². The molecule has 31 heavy (non-hydrogen) atoms. The number of carbonyl (C=O) groups is 3. The molecule has 2 aromatic heterocycles. The van der Waals surface area contributed by atoms with Gasteiger partial charge in [0.1, 0.15) is 5.69 Å². The van der Waals surface area contributed by atoms with Crippen LogP contribution in [0.2, 0.25) is 5.02 Å². The number of fused-ring (bicyclic) bond motifs is 1. The van der Waals surface area contributed by atoms with Crippen molar-refractivity contribution in [2.45, 2.75) is 13.0 Å². The van der Waals surface area contributed by atoms with Crippen LogP contribution in [0.4, 0.5) is 4.79 Å². The molecule has 0 bridgehead atoms. The van der Waals surface area contributed by atoms with E-state index in [1.54, 1.807) is 36.4 Å². The van der Waals surface area contributed by atoms with E-state index in [4.69, 9.17) is 17.3 Å². The van der Waals surface area contributed by atoms with E-state index in [1.807, 2.05) is 12.1 Å². The molecule has 2 heterocycles. The molecule has 2 amide bonds. The number of para-hydroxylation sites is 1. The predicted octanol–water partition coefficient (Wildman–Crippen LogP) is 3.23. The number of hydrogen-bond donors (Lipinski definition) is 2. The maximum atomic E-state index is 12.9. The molecule has 0 aliphatic carbocycles. The molecule has 0 saturated heterocycles. The summed E-state index contributed by atoms with van der Waals surface area (Å²) in [6, 6.07) is 15.1. The highest BCUT2D eigenvalue weighted by Gasteiger charge is 2.20. The highest BCUT2D eigenvalue weighted by atomic mass is 35.5. The standard InChI is InChI=1S/C22H18ClN5O3/c23-16-5-3-4-14(10-16)12-25-21(30)19-8-9-26-28(19)20(29)11-15-13-27(22(24)31)18-7-2-1-6-17(15)18/h1-10,13H,11-12H2,(H2,24,31)(H,25,30). The van der Waals surface area contributed by atoms with Gasteiger partial charge in [-0.25, -0.2) is 4.79 Å². The van der Waals surface area contributed by atoms with E-state index in [0.717, 1.165) is 15.6 Å². The molecule has 3 N–H and O–H groups in total. The van der Waals surface area contributed by atoms with E-state index in [-0.39, 0.29) is 18.7 Å². The fraction of sp³-hybridized carbons (Fsp3) is 0.0909. The molecule has 9 heteroatoms. The Morgan fingerprint density at radius 2 is 1.87 bits per heavy atom. The van der Waals surface area contributed by atoms with Crippen LogP contribution >= 0.6 is 11.6 Å². The van der Waals surface area contributed by atoms with E-state index in [1.165, 1.54) is 23.0 Å². The first-order valence-corrected chi connectivity index (χ1v) is 9.80. The normalized spacial score (nSPS) is 10.9. The number of aromatic nitrogens is 3. The predicted molar refractivity (Wildman–Crippen MR) is 116 cm³/mol. The minimum absolute atomic E-state index is 0.0585. The molecule has 0 spiro atoms. The fourth-order valence-corrected chi connectivity index (χ4v) is 3.62. The van der Waals surface area contributed by atoms with Gasteiger partial charge in [0.2, 0.25) is 0 Å². The second kappa shape index (κ2) is 8.45. The van der Waals surface area contributed by atoms with Gasteiger partial charge in [0, 0.05) is 23.2 Å². The van der Waals surface area contributed by atoms with Gasteiger partial charge in [-0.3, -0.25) is 14.2 Å². The first kappa shape index (κ1) is 20.4. The van der Waals surface area contributed by atoms with E-state index < -0.39 is 17.8 Å². The van der Waals surface area contributed by atoms with Gasteiger partial charge in [-0.05, 0) is 35.4 Å². The minimum atomic E-state index is -0.643. The maximum absolute atomic E-state index is 12.9. The Hall–Kier alpha value is -3.91. The van der Waals surface area contributed by atoms with E-state index >= 15 is 0 Å². The van der Waals surface area contributed by atoms with Gasteiger partial charge < -0.3 is 11.1 Å². The summed E-state index contributed by atoms with van der Waals surface area (Å²) in [6.07, 6.45) is 2.86. The number of rotatable bonds is 5. The Morgan fingerprint density at radius 1 is 1.06 bits per heavy atom. The Labute approximate surface area is 182 Å². The average Bonchev–Trinajstić information content (AvgIpc) is 3.38. The lowest BCUT2D eigenvalue weighted by Gasteiger charge is -2.08. The Morgan fingerprint density at radius 3 is 2.65 bits per heavy atom. The molecule has 0 aliphatic rings. The van der Waals surface area contributed by atoms with Gasteiger partial charge in [0.05, 0.1) is 18.1 Å². The lowest BCUT2D eigenvalue weighted by molar-refractivity contribution is 0.0859. The number of halogens is 1. The van der Waals surface area contributed by atoms with Crippen molar-refractivity contribution >= 4 is 40.3 Å². The second-order valence-corrected chi connectivity index (χ2v) is 7.33. The van der Waals surface area contributed by atoms with Gasteiger partial charge in [-0.1, -0.05) is 41.9 Å². The largest absolute Gasteiger partial charge is 0.351 e. The molecule has 0 radical (unpaired) electrons. The van der Waals surface area contributed by atoms with E-state index in [9.17, 15) is 14.4 Å². The molecule has 4 aromatic rings. The van der Waals surface area contributed by atoms with Crippen LogP contribution in [0.5, 0.6) is 0 Å². The molecule has 0 aliphatic heterocycles. The molecule has 8 nitrogen and oxygen atoms in total. The molecular formula is C22H18ClN5O3. The lowest BCUT2D eigenvalue weighted by atomic mass is 10.1. The molecule has 0 saturated carbocycles. The van der Waals surface area contributed by atoms with Crippen molar-refractivity contribution in [3.8, 4) is 0 Å². The summed E-state index contributed by atoms with van der Waals surface area (Å²) >= 11 is 5.96. The average molecular weight is 436 g/mol. The molecule has 4 rings (SSSR count). The van der Waals surface area contributed by atoms with Crippen LogP contribution in [0.15, 0.2) is 67.0 Å². The van der Waals surface area contributed by atoms with Crippen molar-refractivity contribution in [1.29, 1.82) is 0 Å². The summed E-state index contributed by atoms with van der Waals surface area (Å²) in [5, 5.41) is 8.07. The monoisotopic (exact) mass is 435 g/mol. The van der Waals surface area contributed by atoms with E-state index in [2.05, 4.69) is 10.4 Å². The fourth-order valence-electron chi connectivity index (χ4n) is 3.41. The third-order valence-electron chi connectivity index (χ3n) is 4.83. The van der Waals surface area contributed by atoms with Gasteiger partial charge in [-0.15, -0.1) is 0 Å². The molecule has 0 unspecified atom stereocenters. The summed E-state index contributed by atoms with van der Waals surface area (Å²) < 4.78 is 2.35. The number of nitrogens with two attached hydrogens (primary N) is 1. The van der Waals surface area contributed by atoms with Crippen molar-refractivity contribution in [1.82, 2.24) is 19.7 Å². The van der Waals surface area contributed by atoms with Crippen LogP contribution in [0.25, 0.3) is 10.9 Å². The molecule has 0 atom stereocenters. The number of benzene rings is 2. The molecule has 2 aromatic carbocycles. The summed E-state index contributed by atoms with van der Waals surface area (Å²) in [6.45, 7) is 0.255. The van der Waals surface area contributed by atoms with Crippen LogP contribution in [0.3, 0.4) is 0 Å². The Balaban J connectivity index is 1.53. The van der Waals surface area contributed by atoms with Gasteiger partial charge in [-0.2, -0.15) is 9.78 Å².